The molecular weight excluding hydrogens is 363 g/mol. The zero-order valence-corrected chi connectivity index (χ0v) is 15.7. The lowest BCUT2D eigenvalue weighted by molar-refractivity contribution is 0.240. The van der Waals surface area contributed by atoms with Gasteiger partial charge < -0.3 is 4.98 Å². The second-order valence-electron chi connectivity index (χ2n) is 6.55. The summed E-state index contributed by atoms with van der Waals surface area (Å²) in [4.78, 5) is 26.2. The Labute approximate surface area is 160 Å². The predicted molar refractivity (Wildman–Crippen MR) is 104 cm³/mol. The van der Waals surface area contributed by atoms with Crippen molar-refractivity contribution in [1.82, 2.24) is 19.9 Å². The van der Waals surface area contributed by atoms with Crippen LogP contribution >= 0.6 is 11.8 Å². The molecule has 1 aliphatic heterocycles. The number of hydrogen-bond acceptors (Lipinski definition) is 5. The highest BCUT2D eigenvalue weighted by Crippen LogP contribution is 2.22. The Morgan fingerprint density at radius 1 is 1.22 bits per heavy atom. The van der Waals surface area contributed by atoms with Crippen LogP contribution in [0.1, 0.15) is 16.8 Å². The second kappa shape index (κ2) is 7.62. The van der Waals surface area contributed by atoms with Crippen molar-refractivity contribution in [3.8, 4) is 11.1 Å². The molecule has 3 aromatic rings. The highest BCUT2D eigenvalue weighted by Gasteiger charge is 2.21. The number of aromatic amines is 1. The molecule has 0 saturated carbocycles. The summed E-state index contributed by atoms with van der Waals surface area (Å²) in [7, 11) is 0. The molecule has 1 N–H and O–H groups in total. The molecular formula is C20H19FN4OS. The summed E-state index contributed by atoms with van der Waals surface area (Å²) in [5.74, 6) is -0.252. The maximum absolute atomic E-state index is 13.1. The average molecular weight is 382 g/mol. The second-order valence-corrected chi connectivity index (χ2v) is 7.34. The molecule has 7 heteroatoms. The standard InChI is InChI=1S/C20H19FN4OS/c1-27-20-23-18-6-7-25(12-17(18)19(26)24-20)11-13-8-15(10-22-9-13)14-2-4-16(21)5-3-14/h2-5,8-10H,6-7,11-12H2,1H3,(H,23,24,26). The lowest BCUT2D eigenvalue weighted by atomic mass is 10.0. The molecule has 3 heterocycles. The molecule has 0 atom stereocenters. The number of H-pyrrole nitrogens is 1. The van der Waals surface area contributed by atoms with Gasteiger partial charge in [0, 0.05) is 44.0 Å². The third-order valence-electron chi connectivity index (χ3n) is 4.70. The fourth-order valence-corrected chi connectivity index (χ4v) is 3.72. The predicted octanol–water partition coefficient (Wildman–Crippen LogP) is 3.25. The van der Waals surface area contributed by atoms with E-state index in [0.29, 0.717) is 18.2 Å². The first kappa shape index (κ1) is 17.9. The van der Waals surface area contributed by atoms with Crippen LogP contribution in [0.25, 0.3) is 11.1 Å². The minimum Gasteiger partial charge on any atom is -0.301 e. The molecule has 0 amide bonds. The van der Waals surface area contributed by atoms with Crippen LogP contribution in [-0.4, -0.2) is 32.7 Å². The van der Waals surface area contributed by atoms with Crippen molar-refractivity contribution < 1.29 is 4.39 Å². The zero-order chi connectivity index (χ0) is 18.8. The molecule has 0 radical (unpaired) electrons. The molecule has 0 saturated heterocycles. The first-order valence-corrected chi connectivity index (χ1v) is 9.93. The molecule has 1 aliphatic rings. The van der Waals surface area contributed by atoms with Crippen LogP contribution < -0.4 is 5.56 Å². The van der Waals surface area contributed by atoms with E-state index in [-0.39, 0.29) is 11.4 Å². The minimum atomic E-state index is -0.252. The molecule has 0 bridgehead atoms. The lowest BCUT2D eigenvalue weighted by Crippen LogP contribution is -2.35. The molecule has 0 fully saturated rings. The summed E-state index contributed by atoms with van der Waals surface area (Å²) in [5.41, 5.74) is 4.55. The van der Waals surface area contributed by atoms with E-state index in [0.717, 1.165) is 40.9 Å². The van der Waals surface area contributed by atoms with E-state index in [2.05, 4.69) is 25.9 Å². The largest absolute Gasteiger partial charge is 0.301 e. The maximum Gasteiger partial charge on any atom is 0.256 e. The molecule has 0 aliphatic carbocycles. The minimum absolute atomic E-state index is 0.0489. The van der Waals surface area contributed by atoms with E-state index in [1.54, 1.807) is 18.3 Å². The van der Waals surface area contributed by atoms with Gasteiger partial charge in [0.05, 0.1) is 11.3 Å². The van der Waals surface area contributed by atoms with Gasteiger partial charge in [-0.25, -0.2) is 9.37 Å². The van der Waals surface area contributed by atoms with E-state index in [1.165, 1.54) is 23.9 Å². The lowest BCUT2D eigenvalue weighted by Gasteiger charge is -2.27. The number of benzene rings is 1. The Hall–Kier alpha value is -2.51. The topological polar surface area (TPSA) is 61.9 Å². The van der Waals surface area contributed by atoms with Crippen LogP contribution in [0.15, 0.2) is 52.7 Å². The summed E-state index contributed by atoms with van der Waals surface area (Å²) in [6, 6.07) is 8.47. The van der Waals surface area contributed by atoms with Crippen LogP contribution in [0.4, 0.5) is 4.39 Å². The number of rotatable bonds is 4. The van der Waals surface area contributed by atoms with E-state index in [4.69, 9.17) is 0 Å². The fourth-order valence-electron chi connectivity index (χ4n) is 3.32. The highest BCUT2D eigenvalue weighted by molar-refractivity contribution is 7.98. The summed E-state index contributed by atoms with van der Waals surface area (Å²) >= 11 is 1.45. The summed E-state index contributed by atoms with van der Waals surface area (Å²) in [6.07, 6.45) is 6.28. The Morgan fingerprint density at radius 2 is 2.04 bits per heavy atom. The van der Waals surface area contributed by atoms with Crippen molar-refractivity contribution in [3.63, 3.8) is 0 Å². The van der Waals surface area contributed by atoms with Crippen LogP contribution in [0.3, 0.4) is 0 Å². The van der Waals surface area contributed by atoms with Gasteiger partial charge in [0.25, 0.3) is 5.56 Å². The number of pyridine rings is 1. The van der Waals surface area contributed by atoms with Crippen molar-refractivity contribution >= 4 is 11.8 Å². The Kier molecular flexibility index (Phi) is 5.05. The van der Waals surface area contributed by atoms with Crippen molar-refractivity contribution in [2.45, 2.75) is 24.7 Å². The van der Waals surface area contributed by atoms with Gasteiger partial charge in [-0.1, -0.05) is 23.9 Å². The van der Waals surface area contributed by atoms with E-state index in [1.807, 2.05) is 12.5 Å². The van der Waals surface area contributed by atoms with Crippen LogP contribution in [0.2, 0.25) is 0 Å². The third-order valence-corrected chi connectivity index (χ3v) is 5.28. The smallest absolute Gasteiger partial charge is 0.256 e. The number of nitrogens with zero attached hydrogens (tertiary/aromatic N) is 3. The van der Waals surface area contributed by atoms with E-state index >= 15 is 0 Å². The monoisotopic (exact) mass is 382 g/mol. The molecule has 5 nitrogen and oxygen atoms in total. The highest BCUT2D eigenvalue weighted by atomic mass is 32.2. The molecule has 0 spiro atoms. The average Bonchev–Trinajstić information content (AvgIpc) is 2.69. The number of thioether (sulfide) groups is 1. The zero-order valence-electron chi connectivity index (χ0n) is 14.9. The molecule has 138 valence electrons. The third kappa shape index (κ3) is 3.94. The fraction of sp³-hybridized carbons (Fsp3) is 0.250. The Bertz CT molecular complexity index is 1020. The van der Waals surface area contributed by atoms with Gasteiger partial charge in [-0.3, -0.25) is 14.7 Å². The Balaban J connectivity index is 1.53. The SMILES string of the molecule is CSc1nc2c(c(=O)[nH]1)CN(Cc1cncc(-c3ccc(F)cc3)c1)CC2. The summed E-state index contributed by atoms with van der Waals surface area (Å²) in [6.45, 7) is 2.12. The van der Waals surface area contributed by atoms with E-state index < -0.39 is 0 Å². The number of nitrogens with one attached hydrogen (secondary N) is 1. The van der Waals surface area contributed by atoms with Crippen molar-refractivity contribution in [2.75, 3.05) is 12.8 Å². The van der Waals surface area contributed by atoms with Crippen LogP contribution in [-0.2, 0) is 19.5 Å². The first-order chi connectivity index (χ1) is 13.1. The van der Waals surface area contributed by atoms with Crippen molar-refractivity contribution in [2.24, 2.45) is 0 Å². The van der Waals surface area contributed by atoms with Crippen LogP contribution in [0.5, 0.6) is 0 Å². The molecule has 27 heavy (non-hydrogen) atoms. The van der Waals surface area contributed by atoms with Gasteiger partial charge in [0.2, 0.25) is 0 Å². The van der Waals surface area contributed by atoms with Gasteiger partial charge in [0.15, 0.2) is 5.16 Å². The molecule has 2 aromatic heterocycles. The quantitative estimate of drug-likeness (QED) is 0.554. The number of fused-ring (bicyclic) bond motifs is 1. The van der Waals surface area contributed by atoms with Gasteiger partial charge in [0.1, 0.15) is 5.82 Å². The molecule has 0 unspecified atom stereocenters. The summed E-state index contributed by atoms with van der Waals surface area (Å²) in [5, 5.41) is 0.670. The van der Waals surface area contributed by atoms with Gasteiger partial charge in [-0.05, 0) is 35.6 Å². The van der Waals surface area contributed by atoms with E-state index in [9.17, 15) is 9.18 Å². The van der Waals surface area contributed by atoms with Crippen molar-refractivity contribution in [3.05, 3.63) is 75.7 Å². The molecule has 1 aromatic carbocycles. The van der Waals surface area contributed by atoms with Gasteiger partial charge in [-0.2, -0.15) is 0 Å². The number of halogens is 1. The maximum atomic E-state index is 13.1. The van der Waals surface area contributed by atoms with Gasteiger partial charge >= 0.3 is 0 Å². The normalized spacial score (nSPS) is 14.1. The van der Waals surface area contributed by atoms with Crippen molar-refractivity contribution in [1.29, 1.82) is 0 Å². The number of hydrogen-bond donors (Lipinski definition) is 1. The summed E-state index contributed by atoms with van der Waals surface area (Å²) < 4.78 is 13.1. The first-order valence-electron chi connectivity index (χ1n) is 8.70. The van der Waals surface area contributed by atoms with Gasteiger partial charge in [-0.15, -0.1) is 0 Å². The Morgan fingerprint density at radius 3 is 2.81 bits per heavy atom. The van der Waals surface area contributed by atoms with Crippen LogP contribution in [0, 0.1) is 5.82 Å². The molecule has 4 rings (SSSR count). The number of aromatic nitrogens is 3.